The molecular formula is C9H14N4O4. The largest absolute Gasteiger partial charge is 0.480 e. The van der Waals surface area contributed by atoms with E-state index in [0.717, 1.165) is 0 Å². The zero-order chi connectivity index (χ0) is 12.8. The number of aliphatic carboxylic acids is 1. The monoisotopic (exact) mass is 242 g/mol. The standard InChI is InChI=1S/C9H14N4O4/c1-2-17-8(14)3-6-4-13(12-11-6)5-7(10)9(15)16/h4,7H,2-3,5,10H2,1H3,(H,15,16). The third-order valence-corrected chi connectivity index (χ3v) is 1.92. The summed E-state index contributed by atoms with van der Waals surface area (Å²) in [6.07, 6.45) is 1.48. The number of carboxylic acids is 1. The van der Waals surface area contributed by atoms with Crippen LogP contribution in [0, 0.1) is 0 Å². The lowest BCUT2D eigenvalue weighted by Crippen LogP contribution is -2.34. The highest BCUT2D eigenvalue weighted by Gasteiger charge is 2.14. The summed E-state index contributed by atoms with van der Waals surface area (Å²) in [5, 5.41) is 16.0. The minimum absolute atomic E-state index is 0.00512. The van der Waals surface area contributed by atoms with Gasteiger partial charge in [0.1, 0.15) is 6.04 Å². The molecule has 1 aromatic heterocycles. The molecule has 1 atom stereocenters. The Morgan fingerprint density at radius 2 is 2.35 bits per heavy atom. The molecule has 17 heavy (non-hydrogen) atoms. The van der Waals surface area contributed by atoms with Gasteiger partial charge in [-0.2, -0.15) is 0 Å². The molecule has 8 heteroatoms. The Bertz CT molecular complexity index is 403. The first-order valence-electron chi connectivity index (χ1n) is 5.06. The van der Waals surface area contributed by atoms with Gasteiger partial charge in [-0.3, -0.25) is 14.3 Å². The Morgan fingerprint density at radius 3 is 2.94 bits per heavy atom. The van der Waals surface area contributed by atoms with Crippen LogP contribution < -0.4 is 5.73 Å². The zero-order valence-electron chi connectivity index (χ0n) is 9.37. The van der Waals surface area contributed by atoms with Crippen molar-refractivity contribution in [1.29, 1.82) is 0 Å². The number of carbonyl (C=O) groups is 2. The first-order chi connectivity index (χ1) is 8.02. The van der Waals surface area contributed by atoms with Crippen molar-refractivity contribution in [2.24, 2.45) is 5.73 Å². The second-order valence-electron chi connectivity index (χ2n) is 3.36. The Labute approximate surface area is 97.4 Å². The molecule has 1 rings (SSSR count). The fraction of sp³-hybridized carbons (Fsp3) is 0.556. The number of carboxylic acid groups (broad SMARTS) is 1. The minimum Gasteiger partial charge on any atom is -0.480 e. The average Bonchev–Trinajstić information content (AvgIpc) is 2.65. The maximum absolute atomic E-state index is 11.1. The van der Waals surface area contributed by atoms with Crippen LogP contribution >= 0.6 is 0 Å². The number of nitrogens with two attached hydrogens (primary N) is 1. The molecule has 0 saturated heterocycles. The molecule has 0 aliphatic carbocycles. The van der Waals surface area contributed by atoms with Crippen LogP contribution in [0.1, 0.15) is 12.6 Å². The van der Waals surface area contributed by atoms with Crippen molar-refractivity contribution >= 4 is 11.9 Å². The molecule has 0 spiro atoms. The van der Waals surface area contributed by atoms with Crippen LogP contribution in [-0.2, 0) is 27.3 Å². The summed E-state index contributed by atoms with van der Waals surface area (Å²) in [5.41, 5.74) is 5.74. The number of rotatable bonds is 6. The summed E-state index contributed by atoms with van der Waals surface area (Å²) in [7, 11) is 0. The van der Waals surface area contributed by atoms with Crippen molar-refractivity contribution in [3.63, 3.8) is 0 Å². The van der Waals surface area contributed by atoms with Gasteiger partial charge in [0.2, 0.25) is 0 Å². The summed E-state index contributed by atoms with van der Waals surface area (Å²) in [6, 6.07) is -1.05. The molecule has 0 aromatic carbocycles. The summed E-state index contributed by atoms with van der Waals surface area (Å²) in [4.78, 5) is 21.6. The van der Waals surface area contributed by atoms with E-state index in [1.54, 1.807) is 6.92 Å². The first kappa shape index (κ1) is 13.1. The van der Waals surface area contributed by atoms with Crippen molar-refractivity contribution in [3.8, 4) is 0 Å². The van der Waals surface area contributed by atoms with Crippen LogP contribution in [0.15, 0.2) is 6.20 Å². The van der Waals surface area contributed by atoms with E-state index in [-0.39, 0.29) is 13.0 Å². The van der Waals surface area contributed by atoms with Crippen LogP contribution in [0.3, 0.4) is 0 Å². The molecule has 0 saturated carbocycles. The van der Waals surface area contributed by atoms with Crippen molar-refractivity contribution < 1.29 is 19.4 Å². The lowest BCUT2D eigenvalue weighted by molar-refractivity contribution is -0.142. The van der Waals surface area contributed by atoms with E-state index in [2.05, 4.69) is 10.3 Å². The SMILES string of the molecule is CCOC(=O)Cc1cn(CC(N)C(=O)O)nn1. The average molecular weight is 242 g/mol. The second kappa shape index (κ2) is 5.94. The fourth-order valence-electron chi connectivity index (χ4n) is 1.15. The predicted octanol–water partition coefficient (Wildman–Crippen LogP) is -1.20. The Morgan fingerprint density at radius 1 is 1.65 bits per heavy atom. The van der Waals surface area contributed by atoms with Gasteiger partial charge < -0.3 is 15.6 Å². The fourth-order valence-corrected chi connectivity index (χ4v) is 1.15. The third kappa shape index (κ3) is 4.19. The topological polar surface area (TPSA) is 120 Å². The summed E-state index contributed by atoms with van der Waals surface area (Å²) in [6.45, 7) is 2.02. The molecule has 0 radical (unpaired) electrons. The van der Waals surface area contributed by atoms with E-state index in [4.69, 9.17) is 15.6 Å². The molecule has 1 heterocycles. The number of nitrogens with zero attached hydrogens (tertiary/aromatic N) is 3. The summed E-state index contributed by atoms with van der Waals surface area (Å²) < 4.78 is 6.02. The molecule has 94 valence electrons. The smallest absolute Gasteiger partial charge is 0.322 e. The van der Waals surface area contributed by atoms with E-state index in [1.807, 2.05) is 0 Å². The van der Waals surface area contributed by atoms with Gasteiger partial charge in [-0.05, 0) is 6.92 Å². The van der Waals surface area contributed by atoms with Crippen molar-refractivity contribution in [2.45, 2.75) is 25.9 Å². The molecule has 0 fully saturated rings. The molecular weight excluding hydrogens is 228 g/mol. The van der Waals surface area contributed by atoms with Gasteiger partial charge in [0.25, 0.3) is 0 Å². The second-order valence-corrected chi connectivity index (χ2v) is 3.36. The lowest BCUT2D eigenvalue weighted by atomic mass is 10.3. The first-order valence-corrected chi connectivity index (χ1v) is 5.06. The number of hydrogen-bond acceptors (Lipinski definition) is 6. The van der Waals surface area contributed by atoms with Crippen LogP contribution in [0.2, 0.25) is 0 Å². The molecule has 0 amide bonds. The molecule has 0 aliphatic rings. The van der Waals surface area contributed by atoms with Gasteiger partial charge >= 0.3 is 11.9 Å². The maximum Gasteiger partial charge on any atom is 0.322 e. The highest BCUT2D eigenvalue weighted by atomic mass is 16.5. The van der Waals surface area contributed by atoms with Gasteiger partial charge in [0.05, 0.1) is 25.3 Å². The van der Waals surface area contributed by atoms with Crippen molar-refractivity contribution in [1.82, 2.24) is 15.0 Å². The van der Waals surface area contributed by atoms with E-state index >= 15 is 0 Å². The maximum atomic E-state index is 11.1. The highest BCUT2D eigenvalue weighted by molar-refractivity contribution is 5.73. The lowest BCUT2D eigenvalue weighted by Gasteiger charge is -2.04. The van der Waals surface area contributed by atoms with E-state index in [9.17, 15) is 9.59 Å². The van der Waals surface area contributed by atoms with Crippen molar-refractivity contribution in [3.05, 3.63) is 11.9 Å². The molecule has 1 unspecified atom stereocenters. The van der Waals surface area contributed by atoms with Gasteiger partial charge in [-0.25, -0.2) is 0 Å². The van der Waals surface area contributed by atoms with Crippen LogP contribution in [0.5, 0.6) is 0 Å². The van der Waals surface area contributed by atoms with Gasteiger partial charge in [-0.15, -0.1) is 5.10 Å². The molecule has 0 aliphatic heterocycles. The van der Waals surface area contributed by atoms with Crippen LogP contribution in [-0.4, -0.2) is 44.7 Å². The Balaban J connectivity index is 2.53. The number of hydrogen-bond donors (Lipinski definition) is 2. The number of esters is 1. The van der Waals surface area contributed by atoms with Crippen LogP contribution in [0.4, 0.5) is 0 Å². The quantitative estimate of drug-likeness (QED) is 0.601. The number of carbonyl (C=O) groups excluding carboxylic acids is 1. The highest BCUT2D eigenvalue weighted by Crippen LogP contribution is 1.97. The Kier molecular flexibility index (Phi) is 4.58. The molecule has 3 N–H and O–H groups in total. The minimum atomic E-state index is -1.12. The summed E-state index contributed by atoms with van der Waals surface area (Å²) >= 11 is 0. The van der Waals surface area contributed by atoms with Gasteiger partial charge in [-0.1, -0.05) is 5.21 Å². The Hall–Kier alpha value is -1.96. The van der Waals surface area contributed by atoms with Gasteiger partial charge in [0, 0.05) is 6.20 Å². The van der Waals surface area contributed by atoms with Crippen molar-refractivity contribution in [2.75, 3.05) is 6.61 Å². The summed E-state index contributed by atoms with van der Waals surface area (Å²) in [5.74, 6) is -1.52. The predicted molar refractivity (Wildman–Crippen MR) is 56.0 cm³/mol. The van der Waals surface area contributed by atoms with E-state index < -0.39 is 18.0 Å². The molecule has 1 aromatic rings. The van der Waals surface area contributed by atoms with Crippen LogP contribution in [0.25, 0.3) is 0 Å². The number of aromatic nitrogens is 3. The van der Waals surface area contributed by atoms with Gasteiger partial charge in [0.15, 0.2) is 0 Å². The van der Waals surface area contributed by atoms with E-state index in [0.29, 0.717) is 12.3 Å². The molecule has 8 nitrogen and oxygen atoms in total. The zero-order valence-corrected chi connectivity index (χ0v) is 9.37. The number of ether oxygens (including phenoxy) is 1. The molecule has 0 bridgehead atoms. The normalized spacial score (nSPS) is 12.1. The van der Waals surface area contributed by atoms with E-state index in [1.165, 1.54) is 10.9 Å². The third-order valence-electron chi connectivity index (χ3n) is 1.92.